The predicted molar refractivity (Wildman–Crippen MR) is 293 cm³/mol. The van der Waals surface area contributed by atoms with Gasteiger partial charge in [-0.1, -0.05) is 289 Å². The molecule has 0 saturated heterocycles. The molecule has 6 nitrogen and oxygen atoms in total. The highest BCUT2D eigenvalue weighted by atomic mass is 16.6. The van der Waals surface area contributed by atoms with E-state index in [-0.39, 0.29) is 31.1 Å². The van der Waals surface area contributed by atoms with Crippen LogP contribution in [0.15, 0.2) is 24.3 Å². The monoisotopic (exact) mass is 957 g/mol. The number of unbranched alkanes of at least 4 members (excludes halogenated alkanes) is 41. The lowest BCUT2D eigenvalue weighted by atomic mass is 10.0. The van der Waals surface area contributed by atoms with Crippen molar-refractivity contribution in [3.8, 4) is 0 Å². The Kier molecular flexibility index (Phi) is 55.7. The number of esters is 3. The number of hydrogen-bond donors (Lipinski definition) is 0. The summed E-state index contributed by atoms with van der Waals surface area (Å²) in [7, 11) is 0. The summed E-state index contributed by atoms with van der Waals surface area (Å²) in [6.45, 7) is 6.57. The minimum atomic E-state index is -0.769. The van der Waals surface area contributed by atoms with Gasteiger partial charge in [0.1, 0.15) is 13.2 Å². The highest BCUT2D eigenvalue weighted by molar-refractivity contribution is 5.71. The van der Waals surface area contributed by atoms with E-state index in [1.807, 2.05) is 0 Å². The van der Waals surface area contributed by atoms with E-state index >= 15 is 0 Å². The third-order valence-corrected chi connectivity index (χ3v) is 13.7. The van der Waals surface area contributed by atoms with Crippen molar-refractivity contribution in [1.82, 2.24) is 0 Å². The summed E-state index contributed by atoms with van der Waals surface area (Å²) in [5.74, 6) is -0.874. The highest BCUT2D eigenvalue weighted by Gasteiger charge is 2.19. The standard InChI is InChI=1S/C62H116O6/c1-4-7-10-13-15-17-19-21-23-25-26-27-28-29-30-31-32-33-34-35-37-38-40-42-44-46-49-52-55-61(64)67-58-59(57-66-60(63)54-51-48-12-9-6-3)68-62(65)56-53-50-47-45-43-41-39-36-24-22-20-18-16-14-11-8-5-2/h16,18,22,24,59H,4-15,17,19-21,23,25-58H2,1-3H3/b18-16-,24-22-. The minimum Gasteiger partial charge on any atom is -0.462 e. The second kappa shape index (κ2) is 57.5. The van der Waals surface area contributed by atoms with Gasteiger partial charge in [0.15, 0.2) is 6.10 Å². The lowest BCUT2D eigenvalue weighted by Crippen LogP contribution is -2.30. The Bertz CT molecular complexity index is 1100. The summed E-state index contributed by atoms with van der Waals surface area (Å²) >= 11 is 0. The Balaban J connectivity index is 3.96. The van der Waals surface area contributed by atoms with Crippen LogP contribution in [0.25, 0.3) is 0 Å². The summed E-state index contributed by atoms with van der Waals surface area (Å²) in [4.78, 5) is 37.8. The highest BCUT2D eigenvalue weighted by Crippen LogP contribution is 2.18. The predicted octanol–water partition coefficient (Wildman–Crippen LogP) is 20.3. The van der Waals surface area contributed by atoms with Gasteiger partial charge in [0.2, 0.25) is 0 Å². The van der Waals surface area contributed by atoms with Gasteiger partial charge in [-0.2, -0.15) is 0 Å². The largest absolute Gasteiger partial charge is 0.462 e. The van der Waals surface area contributed by atoms with Crippen LogP contribution in [-0.2, 0) is 28.6 Å². The molecule has 0 aromatic heterocycles. The molecule has 1 unspecified atom stereocenters. The van der Waals surface area contributed by atoms with E-state index in [4.69, 9.17) is 14.2 Å². The lowest BCUT2D eigenvalue weighted by Gasteiger charge is -2.18. The van der Waals surface area contributed by atoms with Gasteiger partial charge < -0.3 is 14.2 Å². The average molecular weight is 958 g/mol. The van der Waals surface area contributed by atoms with Crippen molar-refractivity contribution in [2.75, 3.05) is 13.2 Å². The van der Waals surface area contributed by atoms with Gasteiger partial charge in [0.25, 0.3) is 0 Å². The van der Waals surface area contributed by atoms with E-state index in [1.54, 1.807) is 0 Å². The molecule has 0 rings (SSSR count). The number of carbonyl (C=O) groups is 3. The van der Waals surface area contributed by atoms with Gasteiger partial charge in [0.05, 0.1) is 0 Å². The third-order valence-electron chi connectivity index (χ3n) is 13.7. The summed E-state index contributed by atoms with van der Waals surface area (Å²) in [5, 5.41) is 0. The molecule has 0 radical (unpaired) electrons. The van der Waals surface area contributed by atoms with Gasteiger partial charge in [-0.15, -0.1) is 0 Å². The van der Waals surface area contributed by atoms with Crippen LogP contribution in [0.4, 0.5) is 0 Å². The first-order valence-electron chi connectivity index (χ1n) is 30.3. The van der Waals surface area contributed by atoms with Gasteiger partial charge in [-0.25, -0.2) is 0 Å². The molecule has 0 aliphatic carbocycles. The van der Waals surface area contributed by atoms with Crippen molar-refractivity contribution >= 4 is 17.9 Å². The molecule has 0 aromatic carbocycles. The molecule has 0 aliphatic rings. The van der Waals surface area contributed by atoms with Crippen LogP contribution in [0.1, 0.15) is 335 Å². The van der Waals surface area contributed by atoms with E-state index in [2.05, 4.69) is 45.1 Å². The normalized spacial score (nSPS) is 12.1. The van der Waals surface area contributed by atoms with Crippen molar-refractivity contribution in [3.63, 3.8) is 0 Å². The number of rotatable bonds is 56. The van der Waals surface area contributed by atoms with Crippen molar-refractivity contribution < 1.29 is 28.6 Å². The van der Waals surface area contributed by atoms with Gasteiger partial charge in [-0.05, 0) is 51.4 Å². The van der Waals surface area contributed by atoms with E-state index in [9.17, 15) is 14.4 Å². The minimum absolute atomic E-state index is 0.0706. The Morgan fingerprint density at radius 2 is 0.529 bits per heavy atom. The van der Waals surface area contributed by atoms with Crippen LogP contribution in [0.2, 0.25) is 0 Å². The van der Waals surface area contributed by atoms with E-state index < -0.39 is 6.10 Å². The molecule has 0 bridgehead atoms. The fraction of sp³-hybridized carbons (Fsp3) is 0.887. The topological polar surface area (TPSA) is 78.9 Å². The second-order valence-corrected chi connectivity index (χ2v) is 20.6. The van der Waals surface area contributed by atoms with E-state index in [0.29, 0.717) is 19.3 Å². The maximum Gasteiger partial charge on any atom is 0.306 e. The summed E-state index contributed by atoms with van der Waals surface area (Å²) in [5.41, 5.74) is 0. The number of carbonyl (C=O) groups excluding carboxylic acids is 3. The first-order chi connectivity index (χ1) is 33.5. The van der Waals surface area contributed by atoms with Gasteiger partial charge >= 0.3 is 17.9 Å². The Labute approximate surface area is 423 Å². The molecule has 0 aliphatic heterocycles. The number of hydrogen-bond acceptors (Lipinski definition) is 6. The smallest absolute Gasteiger partial charge is 0.306 e. The van der Waals surface area contributed by atoms with Gasteiger partial charge in [0, 0.05) is 19.3 Å². The lowest BCUT2D eigenvalue weighted by molar-refractivity contribution is -0.167. The molecular weight excluding hydrogens is 841 g/mol. The Morgan fingerprint density at radius 1 is 0.294 bits per heavy atom. The van der Waals surface area contributed by atoms with Gasteiger partial charge in [-0.3, -0.25) is 14.4 Å². The van der Waals surface area contributed by atoms with Crippen molar-refractivity contribution in [3.05, 3.63) is 24.3 Å². The molecule has 0 aromatic rings. The van der Waals surface area contributed by atoms with Crippen LogP contribution in [0.3, 0.4) is 0 Å². The van der Waals surface area contributed by atoms with Crippen molar-refractivity contribution in [2.24, 2.45) is 0 Å². The van der Waals surface area contributed by atoms with E-state index in [0.717, 1.165) is 77.0 Å². The average Bonchev–Trinajstić information content (AvgIpc) is 3.34. The first kappa shape index (κ1) is 65.9. The fourth-order valence-electron chi connectivity index (χ4n) is 9.12. The molecular formula is C62H116O6. The van der Waals surface area contributed by atoms with Crippen LogP contribution in [-0.4, -0.2) is 37.2 Å². The zero-order valence-electron chi connectivity index (χ0n) is 45.9. The summed E-state index contributed by atoms with van der Waals surface area (Å²) in [6, 6.07) is 0. The summed E-state index contributed by atoms with van der Waals surface area (Å²) in [6.07, 6.45) is 68.1. The molecule has 0 saturated carbocycles. The molecule has 400 valence electrons. The quantitative estimate of drug-likeness (QED) is 0.0262. The Morgan fingerprint density at radius 3 is 0.838 bits per heavy atom. The zero-order chi connectivity index (χ0) is 49.3. The zero-order valence-corrected chi connectivity index (χ0v) is 45.9. The molecule has 0 spiro atoms. The molecule has 0 N–H and O–H groups in total. The molecule has 6 heteroatoms. The van der Waals surface area contributed by atoms with E-state index in [1.165, 1.54) is 218 Å². The summed E-state index contributed by atoms with van der Waals surface area (Å²) < 4.78 is 16.7. The van der Waals surface area contributed by atoms with Crippen molar-refractivity contribution in [2.45, 2.75) is 341 Å². The number of ether oxygens (including phenoxy) is 3. The molecule has 0 heterocycles. The number of allylic oxidation sites excluding steroid dienone is 4. The maximum atomic E-state index is 12.8. The van der Waals surface area contributed by atoms with Crippen LogP contribution in [0, 0.1) is 0 Å². The van der Waals surface area contributed by atoms with Crippen LogP contribution in [0.5, 0.6) is 0 Å². The fourth-order valence-corrected chi connectivity index (χ4v) is 9.12. The van der Waals surface area contributed by atoms with Crippen LogP contribution < -0.4 is 0 Å². The van der Waals surface area contributed by atoms with Crippen molar-refractivity contribution in [1.29, 1.82) is 0 Å². The Hall–Kier alpha value is -2.11. The maximum absolute atomic E-state index is 12.8. The first-order valence-corrected chi connectivity index (χ1v) is 30.3. The molecule has 0 fully saturated rings. The van der Waals surface area contributed by atoms with Crippen LogP contribution >= 0.6 is 0 Å². The molecule has 1 atom stereocenters. The molecule has 0 amide bonds. The SMILES string of the molecule is CCCCC/C=C\C/C=C\CCCCCCCCCC(=O)OC(COC(=O)CCCCCCC)COC(=O)CCCCCCCCCCCCCCCCCCCCCCCCCCCCCC. The molecule has 68 heavy (non-hydrogen) atoms. The second-order valence-electron chi connectivity index (χ2n) is 20.6. The third kappa shape index (κ3) is 54.8.